The first kappa shape index (κ1) is 15.1. The number of nitrogens with zero attached hydrogens (tertiary/aromatic N) is 2. The van der Waals surface area contributed by atoms with E-state index in [1.807, 2.05) is 7.05 Å². The average Bonchev–Trinajstić information content (AvgIpc) is 2.38. The summed E-state index contributed by atoms with van der Waals surface area (Å²) in [5, 5.41) is 3.37. The fourth-order valence-corrected chi connectivity index (χ4v) is 3.39. The Labute approximate surface area is 113 Å². The minimum atomic E-state index is -4.07. The summed E-state index contributed by atoms with van der Waals surface area (Å²) in [6.45, 7) is 1.83. The molecule has 1 saturated carbocycles. The van der Waals surface area contributed by atoms with E-state index < -0.39 is 12.7 Å². The summed E-state index contributed by atoms with van der Waals surface area (Å²) in [4.78, 5) is 3.90. The lowest BCUT2D eigenvalue weighted by Gasteiger charge is -2.44. The van der Waals surface area contributed by atoms with Crippen LogP contribution in [0.1, 0.15) is 25.7 Å². The van der Waals surface area contributed by atoms with Gasteiger partial charge in [0.25, 0.3) is 0 Å². The molecule has 0 aromatic heterocycles. The highest BCUT2D eigenvalue weighted by Crippen LogP contribution is 2.25. The van der Waals surface area contributed by atoms with E-state index in [2.05, 4.69) is 10.2 Å². The molecule has 0 spiro atoms. The van der Waals surface area contributed by atoms with E-state index in [0.717, 1.165) is 13.1 Å². The maximum atomic E-state index is 12.3. The standard InChI is InChI=1S/C13H24F3N3/c1-17-11-4-2-3-5-12(11)19-8-6-18(7-9-19)10-13(14,15)16/h11-12,17H,2-10H2,1H3. The van der Waals surface area contributed by atoms with Crippen molar-refractivity contribution in [3.8, 4) is 0 Å². The van der Waals surface area contributed by atoms with Crippen LogP contribution >= 0.6 is 0 Å². The van der Waals surface area contributed by atoms with E-state index in [-0.39, 0.29) is 0 Å². The monoisotopic (exact) mass is 279 g/mol. The molecule has 0 aromatic carbocycles. The van der Waals surface area contributed by atoms with Gasteiger partial charge >= 0.3 is 6.18 Å². The lowest BCUT2D eigenvalue weighted by atomic mass is 9.89. The molecule has 0 bridgehead atoms. The van der Waals surface area contributed by atoms with E-state index in [0.29, 0.717) is 25.2 Å². The van der Waals surface area contributed by atoms with Gasteiger partial charge in [-0.25, -0.2) is 0 Å². The Morgan fingerprint density at radius 1 is 1.05 bits per heavy atom. The molecule has 2 atom stereocenters. The van der Waals surface area contributed by atoms with Gasteiger partial charge in [0, 0.05) is 38.3 Å². The first-order valence-electron chi connectivity index (χ1n) is 7.20. The summed E-state index contributed by atoms with van der Waals surface area (Å²) < 4.78 is 37.0. The van der Waals surface area contributed by atoms with Crippen LogP contribution in [0.3, 0.4) is 0 Å². The first-order valence-corrected chi connectivity index (χ1v) is 7.20. The van der Waals surface area contributed by atoms with Gasteiger partial charge in [-0.3, -0.25) is 9.80 Å². The van der Waals surface area contributed by atoms with Gasteiger partial charge in [-0.1, -0.05) is 12.8 Å². The predicted molar refractivity (Wildman–Crippen MR) is 69.2 cm³/mol. The van der Waals surface area contributed by atoms with E-state index >= 15 is 0 Å². The van der Waals surface area contributed by atoms with Crippen LogP contribution in [0, 0.1) is 0 Å². The van der Waals surface area contributed by atoms with Gasteiger partial charge in [-0.05, 0) is 19.9 Å². The Morgan fingerprint density at radius 2 is 1.68 bits per heavy atom. The number of hydrogen-bond acceptors (Lipinski definition) is 3. The van der Waals surface area contributed by atoms with Crippen LogP contribution in [-0.4, -0.2) is 67.8 Å². The molecule has 2 fully saturated rings. The molecule has 3 nitrogen and oxygen atoms in total. The summed E-state index contributed by atoms with van der Waals surface area (Å²) in [6.07, 6.45) is 0.789. The van der Waals surface area contributed by atoms with Crippen molar-refractivity contribution in [3.05, 3.63) is 0 Å². The number of rotatable bonds is 3. The lowest BCUT2D eigenvalue weighted by molar-refractivity contribution is -0.150. The highest BCUT2D eigenvalue weighted by Gasteiger charge is 2.35. The Bertz CT molecular complexity index is 275. The van der Waals surface area contributed by atoms with E-state index in [4.69, 9.17) is 0 Å². The van der Waals surface area contributed by atoms with Gasteiger partial charge in [0.2, 0.25) is 0 Å². The highest BCUT2D eigenvalue weighted by molar-refractivity contribution is 4.89. The zero-order chi connectivity index (χ0) is 13.9. The van der Waals surface area contributed by atoms with E-state index in [1.54, 1.807) is 0 Å². The van der Waals surface area contributed by atoms with Crippen LogP contribution < -0.4 is 5.32 Å². The molecule has 1 aliphatic heterocycles. The van der Waals surface area contributed by atoms with Crippen LogP contribution in [0.5, 0.6) is 0 Å². The summed E-state index contributed by atoms with van der Waals surface area (Å²) in [5.74, 6) is 0. The van der Waals surface area contributed by atoms with Gasteiger partial charge in [0.15, 0.2) is 0 Å². The Hall–Kier alpha value is -0.330. The van der Waals surface area contributed by atoms with Crippen molar-refractivity contribution in [2.75, 3.05) is 39.8 Å². The second kappa shape index (κ2) is 6.41. The Balaban J connectivity index is 1.82. The predicted octanol–water partition coefficient (Wildman–Crippen LogP) is 1.70. The molecule has 112 valence electrons. The molecule has 0 radical (unpaired) electrons. The molecular formula is C13H24F3N3. The number of nitrogens with one attached hydrogen (secondary N) is 1. The first-order chi connectivity index (χ1) is 8.99. The van der Waals surface area contributed by atoms with E-state index in [9.17, 15) is 13.2 Å². The molecule has 1 heterocycles. The lowest BCUT2D eigenvalue weighted by Crippen LogP contribution is -2.57. The molecule has 6 heteroatoms. The fourth-order valence-electron chi connectivity index (χ4n) is 3.39. The van der Waals surface area contributed by atoms with Crippen molar-refractivity contribution in [3.63, 3.8) is 0 Å². The maximum Gasteiger partial charge on any atom is 0.401 e. The van der Waals surface area contributed by atoms with Gasteiger partial charge in [-0.2, -0.15) is 13.2 Å². The molecule has 1 N–H and O–H groups in total. The molecule has 1 aliphatic carbocycles. The maximum absolute atomic E-state index is 12.3. The summed E-state index contributed by atoms with van der Waals surface area (Å²) >= 11 is 0. The van der Waals surface area contributed by atoms with Crippen LogP contribution in [0.2, 0.25) is 0 Å². The zero-order valence-corrected chi connectivity index (χ0v) is 11.5. The smallest absolute Gasteiger partial charge is 0.315 e. The number of alkyl halides is 3. The van der Waals surface area contributed by atoms with E-state index in [1.165, 1.54) is 30.6 Å². The van der Waals surface area contributed by atoms with Crippen molar-refractivity contribution < 1.29 is 13.2 Å². The summed E-state index contributed by atoms with van der Waals surface area (Å²) in [5.41, 5.74) is 0. The molecule has 0 aromatic rings. The molecule has 2 rings (SSSR count). The second-order valence-corrected chi connectivity index (χ2v) is 5.67. The number of hydrogen-bond donors (Lipinski definition) is 1. The minimum Gasteiger partial charge on any atom is -0.315 e. The van der Waals surface area contributed by atoms with Crippen molar-refractivity contribution in [2.45, 2.75) is 43.9 Å². The highest BCUT2D eigenvalue weighted by atomic mass is 19.4. The largest absolute Gasteiger partial charge is 0.401 e. The fraction of sp³-hybridized carbons (Fsp3) is 1.00. The molecule has 2 unspecified atom stereocenters. The van der Waals surface area contributed by atoms with Crippen molar-refractivity contribution in [1.82, 2.24) is 15.1 Å². The van der Waals surface area contributed by atoms with Crippen LogP contribution in [0.15, 0.2) is 0 Å². The molecule has 2 aliphatic rings. The third-order valence-electron chi connectivity index (χ3n) is 4.38. The molecule has 0 amide bonds. The van der Waals surface area contributed by atoms with Crippen molar-refractivity contribution >= 4 is 0 Å². The van der Waals surface area contributed by atoms with Crippen molar-refractivity contribution in [2.24, 2.45) is 0 Å². The normalized spacial score (nSPS) is 31.6. The number of piperazine rings is 1. The van der Waals surface area contributed by atoms with Crippen LogP contribution in [0.4, 0.5) is 13.2 Å². The molecular weight excluding hydrogens is 255 g/mol. The Kier molecular flexibility index (Phi) is 5.09. The average molecular weight is 279 g/mol. The molecule has 1 saturated heterocycles. The third kappa shape index (κ3) is 4.33. The number of likely N-dealkylation sites (N-methyl/N-ethyl adjacent to an activating group) is 1. The van der Waals surface area contributed by atoms with Gasteiger partial charge in [0.1, 0.15) is 0 Å². The molecule has 19 heavy (non-hydrogen) atoms. The summed E-state index contributed by atoms with van der Waals surface area (Å²) in [7, 11) is 1.99. The Morgan fingerprint density at radius 3 is 2.26 bits per heavy atom. The number of halogens is 3. The zero-order valence-electron chi connectivity index (χ0n) is 11.5. The van der Waals surface area contributed by atoms with Crippen molar-refractivity contribution in [1.29, 1.82) is 0 Å². The van der Waals surface area contributed by atoms with Gasteiger partial charge < -0.3 is 5.32 Å². The quantitative estimate of drug-likeness (QED) is 0.848. The SMILES string of the molecule is CNC1CCCCC1N1CCN(CC(F)(F)F)CC1. The third-order valence-corrected chi connectivity index (χ3v) is 4.38. The second-order valence-electron chi connectivity index (χ2n) is 5.67. The van der Waals surface area contributed by atoms with Gasteiger partial charge in [0.05, 0.1) is 6.54 Å². The topological polar surface area (TPSA) is 18.5 Å². The summed E-state index contributed by atoms with van der Waals surface area (Å²) in [6, 6.07) is 1.01. The van der Waals surface area contributed by atoms with Crippen LogP contribution in [-0.2, 0) is 0 Å². The van der Waals surface area contributed by atoms with Crippen LogP contribution in [0.25, 0.3) is 0 Å². The van der Waals surface area contributed by atoms with Gasteiger partial charge in [-0.15, -0.1) is 0 Å². The minimum absolute atomic E-state index is 0.503.